The molecule has 0 aliphatic heterocycles. The van der Waals surface area contributed by atoms with E-state index in [1.165, 1.54) is 12.4 Å². The first-order valence-corrected chi connectivity index (χ1v) is 8.63. The van der Waals surface area contributed by atoms with Gasteiger partial charge in [0.25, 0.3) is 0 Å². The van der Waals surface area contributed by atoms with Crippen LogP contribution >= 0.6 is 0 Å². The fourth-order valence-corrected chi connectivity index (χ4v) is 3.34. The molecule has 0 amide bonds. The molecule has 0 aromatic carbocycles. The molecule has 1 heterocycles. The van der Waals surface area contributed by atoms with Gasteiger partial charge in [0.1, 0.15) is 4.90 Å². The quantitative estimate of drug-likeness (QED) is 0.764. The molecule has 0 saturated heterocycles. The smallest absolute Gasteiger partial charge is 0.243 e. The van der Waals surface area contributed by atoms with Crippen molar-refractivity contribution in [3.05, 3.63) is 12.4 Å². The molecule has 0 bridgehead atoms. The molecule has 1 aliphatic rings. The summed E-state index contributed by atoms with van der Waals surface area (Å²) in [5.41, 5.74) is 0. The number of nitrogens with zero attached hydrogens (tertiary/aromatic N) is 2. The molecule has 7 heteroatoms. The van der Waals surface area contributed by atoms with Crippen molar-refractivity contribution >= 4 is 16.0 Å². The second-order valence-corrected chi connectivity index (χ2v) is 6.90. The summed E-state index contributed by atoms with van der Waals surface area (Å²) in [6.07, 6.45) is 6.76. The second kappa shape index (κ2) is 6.49. The van der Waals surface area contributed by atoms with Crippen molar-refractivity contribution in [1.82, 2.24) is 14.7 Å². The molecule has 1 aromatic heterocycles. The fourth-order valence-electron chi connectivity index (χ4n) is 2.13. The van der Waals surface area contributed by atoms with Crippen LogP contribution in [0.4, 0.5) is 5.95 Å². The van der Waals surface area contributed by atoms with Crippen LogP contribution in [-0.4, -0.2) is 31.0 Å². The summed E-state index contributed by atoms with van der Waals surface area (Å²) in [5, 5.41) is 3.01. The zero-order valence-corrected chi connectivity index (χ0v) is 12.8. The Morgan fingerprint density at radius 1 is 1.25 bits per heavy atom. The number of rotatable bonds is 8. The van der Waals surface area contributed by atoms with E-state index < -0.39 is 10.0 Å². The molecule has 2 N–H and O–H groups in total. The van der Waals surface area contributed by atoms with E-state index in [-0.39, 0.29) is 10.9 Å². The van der Waals surface area contributed by atoms with Crippen LogP contribution < -0.4 is 10.0 Å². The minimum atomic E-state index is -3.49. The van der Waals surface area contributed by atoms with Crippen molar-refractivity contribution in [1.29, 1.82) is 0 Å². The molecule has 2 rings (SSSR count). The third-order valence-corrected chi connectivity index (χ3v) is 4.80. The fraction of sp³-hybridized carbons (Fsp3) is 0.692. The summed E-state index contributed by atoms with van der Waals surface area (Å²) in [4.78, 5) is 8.17. The zero-order chi connectivity index (χ0) is 14.6. The molecule has 1 fully saturated rings. The maximum Gasteiger partial charge on any atom is 0.243 e. The molecule has 0 radical (unpaired) electrons. The molecule has 1 aliphatic carbocycles. The van der Waals surface area contributed by atoms with Gasteiger partial charge in [-0.3, -0.25) is 0 Å². The molecule has 6 nitrogen and oxygen atoms in total. The topological polar surface area (TPSA) is 84.0 Å². The van der Waals surface area contributed by atoms with Gasteiger partial charge >= 0.3 is 0 Å². The highest BCUT2D eigenvalue weighted by Gasteiger charge is 2.39. The predicted octanol–water partition coefficient (Wildman–Crippen LogP) is 1.77. The van der Waals surface area contributed by atoms with E-state index >= 15 is 0 Å². The summed E-state index contributed by atoms with van der Waals surface area (Å²) in [5.74, 6) is 0.947. The number of anilines is 1. The molecular formula is C13H22N4O2S. The highest BCUT2D eigenvalue weighted by molar-refractivity contribution is 7.89. The number of hydrogen-bond acceptors (Lipinski definition) is 5. The van der Waals surface area contributed by atoms with Crippen molar-refractivity contribution < 1.29 is 8.42 Å². The first kappa shape index (κ1) is 15.2. The SMILES string of the molecule is CCCNc1ncc(S(=O)(=O)NC2CC2CCC)cn1. The van der Waals surface area contributed by atoms with Crippen molar-refractivity contribution in [2.75, 3.05) is 11.9 Å². The number of nitrogens with one attached hydrogen (secondary N) is 2. The summed E-state index contributed by atoms with van der Waals surface area (Å²) >= 11 is 0. The molecule has 0 spiro atoms. The Morgan fingerprint density at radius 2 is 1.95 bits per heavy atom. The maximum atomic E-state index is 12.1. The van der Waals surface area contributed by atoms with Gasteiger partial charge in [0.05, 0.1) is 12.4 Å². The Morgan fingerprint density at radius 3 is 2.55 bits per heavy atom. The Kier molecular flexibility index (Phi) is 4.93. The van der Waals surface area contributed by atoms with Crippen LogP contribution in [0.25, 0.3) is 0 Å². The van der Waals surface area contributed by atoms with E-state index in [2.05, 4.69) is 26.9 Å². The highest BCUT2D eigenvalue weighted by Crippen LogP contribution is 2.35. The Balaban J connectivity index is 1.96. The van der Waals surface area contributed by atoms with Gasteiger partial charge in [-0.25, -0.2) is 23.1 Å². The molecule has 2 unspecified atom stereocenters. The van der Waals surface area contributed by atoms with Crippen LogP contribution in [0.2, 0.25) is 0 Å². The predicted molar refractivity (Wildman–Crippen MR) is 77.9 cm³/mol. The molecule has 1 saturated carbocycles. The highest BCUT2D eigenvalue weighted by atomic mass is 32.2. The van der Waals surface area contributed by atoms with Gasteiger partial charge in [-0.15, -0.1) is 0 Å². The normalized spacial score (nSPS) is 21.7. The molecule has 1 aromatic rings. The number of aromatic nitrogens is 2. The van der Waals surface area contributed by atoms with Crippen LogP contribution in [0.5, 0.6) is 0 Å². The van der Waals surface area contributed by atoms with E-state index in [1.54, 1.807) is 0 Å². The van der Waals surface area contributed by atoms with Gasteiger partial charge in [-0.05, 0) is 25.2 Å². The Bertz CT molecular complexity index is 530. The maximum absolute atomic E-state index is 12.1. The van der Waals surface area contributed by atoms with E-state index in [0.29, 0.717) is 11.9 Å². The van der Waals surface area contributed by atoms with Crippen molar-refractivity contribution in [2.24, 2.45) is 5.92 Å². The van der Waals surface area contributed by atoms with Crippen molar-refractivity contribution in [3.8, 4) is 0 Å². The number of hydrogen-bond donors (Lipinski definition) is 2. The van der Waals surface area contributed by atoms with E-state index in [4.69, 9.17) is 0 Å². The van der Waals surface area contributed by atoms with Gasteiger partial charge < -0.3 is 5.32 Å². The lowest BCUT2D eigenvalue weighted by atomic mass is 10.2. The lowest BCUT2D eigenvalue weighted by Gasteiger charge is -2.07. The van der Waals surface area contributed by atoms with Crippen LogP contribution in [0.3, 0.4) is 0 Å². The van der Waals surface area contributed by atoms with Crippen LogP contribution in [0, 0.1) is 5.92 Å². The zero-order valence-electron chi connectivity index (χ0n) is 12.0. The molecule has 20 heavy (non-hydrogen) atoms. The minimum absolute atomic E-state index is 0.0813. The number of sulfonamides is 1. The molecule has 112 valence electrons. The van der Waals surface area contributed by atoms with E-state index in [9.17, 15) is 8.42 Å². The molecule has 2 atom stereocenters. The van der Waals surface area contributed by atoms with Crippen LogP contribution in [0.1, 0.15) is 39.5 Å². The van der Waals surface area contributed by atoms with E-state index in [1.807, 2.05) is 6.92 Å². The second-order valence-electron chi connectivity index (χ2n) is 5.18. The third-order valence-electron chi connectivity index (χ3n) is 3.36. The lowest BCUT2D eigenvalue weighted by Crippen LogP contribution is -2.27. The average Bonchev–Trinajstić information content (AvgIpc) is 3.14. The van der Waals surface area contributed by atoms with Gasteiger partial charge in [-0.2, -0.15) is 0 Å². The summed E-state index contributed by atoms with van der Waals surface area (Å²) in [6, 6.07) is 0.0813. The van der Waals surface area contributed by atoms with Gasteiger partial charge in [-0.1, -0.05) is 20.3 Å². The molecular weight excluding hydrogens is 276 g/mol. The Hall–Kier alpha value is -1.21. The summed E-state index contributed by atoms with van der Waals surface area (Å²) in [6.45, 7) is 4.92. The minimum Gasteiger partial charge on any atom is -0.354 e. The van der Waals surface area contributed by atoms with E-state index in [0.717, 1.165) is 32.2 Å². The standard InChI is InChI=1S/C13H22N4O2S/c1-3-5-10-7-12(10)17-20(18,19)11-8-15-13(16-9-11)14-6-4-2/h8-10,12,17H,3-7H2,1-2H3,(H,14,15,16). The van der Waals surface area contributed by atoms with Crippen LogP contribution in [0.15, 0.2) is 17.3 Å². The summed E-state index contributed by atoms with van der Waals surface area (Å²) < 4.78 is 27.0. The van der Waals surface area contributed by atoms with Crippen LogP contribution in [-0.2, 0) is 10.0 Å². The Labute approximate surface area is 120 Å². The van der Waals surface area contributed by atoms with Gasteiger partial charge in [0, 0.05) is 12.6 Å². The first-order chi connectivity index (χ1) is 9.56. The first-order valence-electron chi connectivity index (χ1n) is 7.15. The van der Waals surface area contributed by atoms with Crippen molar-refractivity contribution in [3.63, 3.8) is 0 Å². The van der Waals surface area contributed by atoms with Crippen molar-refractivity contribution in [2.45, 2.75) is 50.5 Å². The van der Waals surface area contributed by atoms with Gasteiger partial charge in [0.15, 0.2) is 0 Å². The average molecular weight is 298 g/mol. The summed E-state index contributed by atoms with van der Waals surface area (Å²) in [7, 11) is -3.49. The third kappa shape index (κ3) is 3.89. The van der Waals surface area contributed by atoms with Gasteiger partial charge in [0.2, 0.25) is 16.0 Å². The lowest BCUT2D eigenvalue weighted by molar-refractivity contribution is 0.572. The largest absolute Gasteiger partial charge is 0.354 e. The monoisotopic (exact) mass is 298 g/mol.